The Bertz CT molecular complexity index is 767. The molecular formula is C20H26N4O2S. The lowest BCUT2D eigenvalue weighted by Crippen LogP contribution is -2.33. The zero-order chi connectivity index (χ0) is 19.1. The van der Waals surface area contributed by atoms with Crippen molar-refractivity contribution in [1.29, 1.82) is 0 Å². The molecule has 1 heterocycles. The van der Waals surface area contributed by atoms with Gasteiger partial charge in [0.1, 0.15) is 5.75 Å². The van der Waals surface area contributed by atoms with Gasteiger partial charge in [0, 0.05) is 18.2 Å². The van der Waals surface area contributed by atoms with Crippen LogP contribution >= 0.6 is 11.8 Å². The Morgan fingerprint density at radius 3 is 2.74 bits per heavy atom. The third-order valence-corrected chi connectivity index (χ3v) is 5.47. The molecule has 7 heteroatoms. The van der Waals surface area contributed by atoms with E-state index in [1.165, 1.54) is 24.6 Å². The summed E-state index contributed by atoms with van der Waals surface area (Å²) in [5.74, 6) is 1.99. The fourth-order valence-electron chi connectivity index (χ4n) is 3.24. The van der Waals surface area contributed by atoms with Crippen molar-refractivity contribution in [2.45, 2.75) is 50.4 Å². The Kier molecular flexibility index (Phi) is 6.92. The van der Waals surface area contributed by atoms with Crippen molar-refractivity contribution >= 4 is 17.7 Å². The van der Waals surface area contributed by atoms with E-state index >= 15 is 0 Å². The third kappa shape index (κ3) is 5.13. The molecule has 1 aliphatic rings. The fourth-order valence-corrected chi connectivity index (χ4v) is 4.00. The van der Waals surface area contributed by atoms with Crippen molar-refractivity contribution in [2.24, 2.45) is 0 Å². The summed E-state index contributed by atoms with van der Waals surface area (Å²) >= 11 is 1.41. The van der Waals surface area contributed by atoms with E-state index in [1.807, 2.05) is 41.8 Å². The quantitative estimate of drug-likeness (QED) is 0.526. The molecule has 1 amide bonds. The molecule has 6 nitrogen and oxygen atoms in total. The number of carbonyl (C=O) groups is 1. The van der Waals surface area contributed by atoms with Crippen LogP contribution in [0.25, 0.3) is 11.4 Å². The summed E-state index contributed by atoms with van der Waals surface area (Å²) in [6, 6.07) is 8.12. The van der Waals surface area contributed by atoms with E-state index in [4.69, 9.17) is 4.74 Å². The minimum Gasteiger partial charge on any atom is -0.494 e. The highest BCUT2D eigenvalue weighted by Crippen LogP contribution is 2.26. The van der Waals surface area contributed by atoms with Crippen LogP contribution in [-0.2, 0) is 11.3 Å². The number of thioether (sulfide) groups is 1. The first-order valence-corrected chi connectivity index (χ1v) is 10.4. The highest BCUT2D eigenvalue weighted by atomic mass is 32.2. The minimum absolute atomic E-state index is 0.0580. The van der Waals surface area contributed by atoms with Gasteiger partial charge >= 0.3 is 0 Å². The first-order valence-electron chi connectivity index (χ1n) is 9.40. The number of carbonyl (C=O) groups excluding carboxylic acids is 1. The van der Waals surface area contributed by atoms with E-state index in [9.17, 15) is 4.79 Å². The number of hydrogen-bond acceptors (Lipinski definition) is 5. The number of aromatic nitrogens is 3. The summed E-state index contributed by atoms with van der Waals surface area (Å²) in [7, 11) is 0. The second-order valence-corrected chi connectivity index (χ2v) is 7.44. The van der Waals surface area contributed by atoms with Gasteiger partial charge in [-0.2, -0.15) is 0 Å². The Labute approximate surface area is 164 Å². The predicted octanol–water partition coefficient (Wildman–Crippen LogP) is 3.68. The van der Waals surface area contributed by atoms with Crippen molar-refractivity contribution in [3.63, 3.8) is 0 Å². The fraction of sp³-hybridized carbons (Fsp3) is 0.450. The van der Waals surface area contributed by atoms with Gasteiger partial charge in [-0.3, -0.25) is 9.36 Å². The summed E-state index contributed by atoms with van der Waals surface area (Å²) in [6.07, 6.45) is 6.40. The van der Waals surface area contributed by atoms with Crippen LogP contribution in [0.2, 0.25) is 0 Å². The zero-order valence-electron chi connectivity index (χ0n) is 15.7. The van der Waals surface area contributed by atoms with Crippen LogP contribution in [0, 0.1) is 0 Å². The van der Waals surface area contributed by atoms with Gasteiger partial charge in [0.2, 0.25) is 5.91 Å². The molecule has 0 aliphatic heterocycles. The van der Waals surface area contributed by atoms with Gasteiger partial charge in [0.15, 0.2) is 11.0 Å². The van der Waals surface area contributed by atoms with Crippen LogP contribution in [0.3, 0.4) is 0 Å². The standard InChI is InChI=1S/C20H26N4O2S/c1-3-13-24-19(15-9-11-17(12-10-15)26-4-2)22-23-20(24)27-14-18(25)21-16-7-5-6-8-16/h3,9-12,16H,1,4-8,13-14H2,2H3,(H,21,25). The van der Waals surface area contributed by atoms with Gasteiger partial charge in [-0.05, 0) is 44.0 Å². The number of amides is 1. The molecule has 0 saturated heterocycles. The summed E-state index contributed by atoms with van der Waals surface area (Å²) < 4.78 is 7.47. The van der Waals surface area contributed by atoms with E-state index in [1.54, 1.807) is 0 Å². The first kappa shape index (κ1) is 19.5. The van der Waals surface area contributed by atoms with Crippen molar-refractivity contribution in [3.05, 3.63) is 36.9 Å². The average Bonchev–Trinajstić information content (AvgIpc) is 3.31. The molecule has 0 atom stereocenters. The maximum absolute atomic E-state index is 12.2. The molecule has 0 radical (unpaired) electrons. The van der Waals surface area contributed by atoms with Crippen LogP contribution in [0.4, 0.5) is 0 Å². The highest BCUT2D eigenvalue weighted by molar-refractivity contribution is 7.99. The Morgan fingerprint density at radius 2 is 2.07 bits per heavy atom. The lowest BCUT2D eigenvalue weighted by atomic mass is 10.2. The Balaban J connectivity index is 1.68. The average molecular weight is 387 g/mol. The molecule has 1 aliphatic carbocycles. The molecule has 1 aromatic heterocycles. The number of nitrogens with zero attached hydrogens (tertiary/aromatic N) is 3. The molecule has 1 N–H and O–H groups in total. The number of nitrogens with one attached hydrogen (secondary N) is 1. The lowest BCUT2D eigenvalue weighted by molar-refractivity contribution is -0.119. The maximum Gasteiger partial charge on any atom is 0.230 e. The number of benzene rings is 1. The normalized spacial score (nSPS) is 14.3. The van der Waals surface area contributed by atoms with E-state index in [0.717, 1.165) is 35.1 Å². The van der Waals surface area contributed by atoms with Gasteiger partial charge < -0.3 is 10.1 Å². The van der Waals surface area contributed by atoms with E-state index in [2.05, 4.69) is 22.1 Å². The molecule has 1 fully saturated rings. The molecule has 3 rings (SSSR count). The molecule has 27 heavy (non-hydrogen) atoms. The Morgan fingerprint density at radius 1 is 1.33 bits per heavy atom. The van der Waals surface area contributed by atoms with Gasteiger partial charge in [-0.15, -0.1) is 16.8 Å². The number of hydrogen-bond donors (Lipinski definition) is 1. The minimum atomic E-state index is 0.0580. The maximum atomic E-state index is 12.2. The molecule has 0 bridgehead atoms. The van der Waals surface area contributed by atoms with Gasteiger partial charge in [0.25, 0.3) is 0 Å². The topological polar surface area (TPSA) is 69.0 Å². The summed E-state index contributed by atoms with van der Waals surface area (Å²) in [5, 5.41) is 12.5. The summed E-state index contributed by atoms with van der Waals surface area (Å²) in [6.45, 7) is 7.01. The van der Waals surface area contributed by atoms with Crippen LogP contribution in [0.1, 0.15) is 32.6 Å². The van der Waals surface area contributed by atoms with Crippen LogP contribution in [0.15, 0.2) is 42.1 Å². The van der Waals surface area contributed by atoms with Crippen LogP contribution in [-0.4, -0.2) is 39.1 Å². The van der Waals surface area contributed by atoms with E-state index in [-0.39, 0.29) is 5.91 Å². The predicted molar refractivity (Wildman–Crippen MR) is 108 cm³/mol. The number of ether oxygens (including phenoxy) is 1. The SMILES string of the molecule is C=CCn1c(SCC(=O)NC2CCCC2)nnc1-c1ccc(OCC)cc1. The second-order valence-electron chi connectivity index (χ2n) is 6.50. The molecule has 1 aromatic carbocycles. The summed E-state index contributed by atoms with van der Waals surface area (Å²) in [4.78, 5) is 12.2. The van der Waals surface area contributed by atoms with Gasteiger partial charge in [0.05, 0.1) is 12.4 Å². The van der Waals surface area contributed by atoms with Crippen molar-refractivity contribution in [3.8, 4) is 17.1 Å². The molecular weight excluding hydrogens is 360 g/mol. The first-order chi connectivity index (χ1) is 13.2. The van der Waals surface area contributed by atoms with Crippen LogP contribution in [0.5, 0.6) is 5.75 Å². The summed E-state index contributed by atoms with van der Waals surface area (Å²) in [5.41, 5.74) is 0.954. The van der Waals surface area contributed by atoms with Gasteiger partial charge in [-0.25, -0.2) is 0 Å². The molecule has 1 saturated carbocycles. The van der Waals surface area contributed by atoms with Crippen molar-refractivity contribution in [1.82, 2.24) is 20.1 Å². The van der Waals surface area contributed by atoms with Crippen molar-refractivity contribution < 1.29 is 9.53 Å². The zero-order valence-corrected chi connectivity index (χ0v) is 16.5. The third-order valence-electron chi connectivity index (χ3n) is 4.50. The Hall–Kier alpha value is -2.28. The van der Waals surface area contributed by atoms with Crippen molar-refractivity contribution in [2.75, 3.05) is 12.4 Å². The smallest absolute Gasteiger partial charge is 0.230 e. The number of rotatable bonds is 9. The lowest BCUT2D eigenvalue weighted by Gasteiger charge is -2.12. The van der Waals surface area contributed by atoms with Crippen LogP contribution < -0.4 is 10.1 Å². The van der Waals surface area contributed by atoms with E-state index in [0.29, 0.717) is 24.9 Å². The van der Waals surface area contributed by atoms with Gasteiger partial charge in [-0.1, -0.05) is 30.7 Å². The molecule has 0 spiro atoms. The largest absolute Gasteiger partial charge is 0.494 e. The molecule has 0 unspecified atom stereocenters. The second kappa shape index (κ2) is 9.60. The number of allylic oxidation sites excluding steroid dienone is 1. The molecule has 2 aromatic rings. The monoisotopic (exact) mass is 386 g/mol. The molecule has 144 valence electrons. The van der Waals surface area contributed by atoms with E-state index < -0.39 is 0 Å². The highest BCUT2D eigenvalue weighted by Gasteiger charge is 2.19.